The number of carbonyl (C=O) groups excluding carboxylic acids is 1. The summed E-state index contributed by atoms with van der Waals surface area (Å²) in [6, 6.07) is 16.5. The maximum Gasteiger partial charge on any atom is 0.341 e. The van der Waals surface area contributed by atoms with Gasteiger partial charge in [-0.25, -0.2) is 9.78 Å². The third-order valence-electron chi connectivity index (χ3n) is 4.32. The summed E-state index contributed by atoms with van der Waals surface area (Å²) in [5, 5.41) is 23.1. The van der Waals surface area contributed by atoms with Crippen LogP contribution in [-0.4, -0.2) is 28.6 Å². The lowest BCUT2D eigenvalue weighted by Gasteiger charge is -2.07. The number of aromatic nitrogens is 1. The average Bonchev–Trinajstić information content (AvgIpc) is 3.25. The number of nitriles is 1. The minimum Gasteiger partial charge on any atom is -0.481 e. The Balaban J connectivity index is 1.76. The Morgan fingerprint density at radius 3 is 2.65 bits per heavy atom. The van der Waals surface area contributed by atoms with Crippen LogP contribution < -0.4 is 10.1 Å². The van der Waals surface area contributed by atoms with E-state index < -0.39 is 18.5 Å². The third kappa shape index (κ3) is 5.78. The van der Waals surface area contributed by atoms with E-state index >= 15 is 0 Å². The van der Waals surface area contributed by atoms with Crippen LogP contribution in [-0.2, 0) is 16.0 Å². The number of ether oxygens (including phenoxy) is 1. The first-order valence-electron chi connectivity index (χ1n) is 9.41. The molecule has 0 fully saturated rings. The number of anilines is 1. The summed E-state index contributed by atoms with van der Waals surface area (Å²) >= 11 is 1.26. The number of hydrogen-bond acceptors (Lipinski definition) is 6. The second-order valence-corrected chi connectivity index (χ2v) is 7.29. The summed E-state index contributed by atoms with van der Waals surface area (Å²) in [4.78, 5) is 27.8. The molecule has 7 nitrogen and oxygen atoms in total. The van der Waals surface area contributed by atoms with E-state index in [9.17, 15) is 14.9 Å². The van der Waals surface area contributed by atoms with Crippen LogP contribution in [0.5, 0.6) is 5.75 Å². The maximum absolute atomic E-state index is 12.6. The normalized spacial score (nSPS) is 10.9. The van der Waals surface area contributed by atoms with Crippen molar-refractivity contribution in [1.29, 1.82) is 5.26 Å². The first kappa shape index (κ1) is 21.7. The van der Waals surface area contributed by atoms with Gasteiger partial charge in [0.25, 0.3) is 5.91 Å². The number of carbonyl (C=O) groups is 2. The molecule has 31 heavy (non-hydrogen) atoms. The van der Waals surface area contributed by atoms with Gasteiger partial charge in [0, 0.05) is 16.5 Å². The SMILES string of the molecule is CCc1ccc(-c2csc(NC(=O)/C(C#N)=C/c3ccccc3OCC(=O)O)n2)cc1. The van der Waals surface area contributed by atoms with Crippen LogP contribution >= 0.6 is 11.3 Å². The van der Waals surface area contributed by atoms with E-state index in [0.717, 1.165) is 17.7 Å². The predicted molar refractivity (Wildman–Crippen MR) is 119 cm³/mol. The second kappa shape index (κ2) is 10.2. The number of benzene rings is 2. The molecule has 1 heterocycles. The smallest absolute Gasteiger partial charge is 0.341 e. The molecule has 0 unspecified atom stereocenters. The molecule has 0 saturated heterocycles. The van der Waals surface area contributed by atoms with Crippen LogP contribution in [0.2, 0.25) is 0 Å². The summed E-state index contributed by atoms with van der Waals surface area (Å²) in [5.41, 5.74) is 3.16. The monoisotopic (exact) mass is 433 g/mol. The Hall–Kier alpha value is -3.96. The summed E-state index contributed by atoms with van der Waals surface area (Å²) in [6.45, 7) is 1.56. The van der Waals surface area contributed by atoms with E-state index in [1.807, 2.05) is 35.7 Å². The highest BCUT2D eigenvalue weighted by molar-refractivity contribution is 7.14. The van der Waals surface area contributed by atoms with Gasteiger partial charge in [-0.3, -0.25) is 10.1 Å². The van der Waals surface area contributed by atoms with E-state index in [1.165, 1.54) is 23.0 Å². The number of hydrogen-bond donors (Lipinski definition) is 2. The number of aryl methyl sites for hydroxylation is 1. The predicted octanol–water partition coefficient (Wildman–Crippen LogP) is 4.38. The van der Waals surface area contributed by atoms with E-state index in [-0.39, 0.29) is 11.3 Å². The molecule has 0 saturated carbocycles. The minimum absolute atomic E-state index is 0.157. The molecule has 0 radical (unpaired) electrons. The van der Waals surface area contributed by atoms with Gasteiger partial charge in [0.05, 0.1) is 5.69 Å². The van der Waals surface area contributed by atoms with Crippen LogP contribution in [0.3, 0.4) is 0 Å². The van der Waals surface area contributed by atoms with Gasteiger partial charge in [-0.2, -0.15) is 5.26 Å². The fourth-order valence-corrected chi connectivity index (χ4v) is 3.43. The van der Waals surface area contributed by atoms with Crippen molar-refractivity contribution in [3.63, 3.8) is 0 Å². The van der Waals surface area contributed by atoms with Crippen molar-refractivity contribution in [3.05, 3.63) is 70.6 Å². The molecule has 0 bridgehead atoms. The topological polar surface area (TPSA) is 112 Å². The van der Waals surface area contributed by atoms with Crippen molar-refractivity contribution in [2.24, 2.45) is 0 Å². The molecule has 0 atom stereocenters. The standard InChI is InChI=1S/C23H19N3O4S/c1-2-15-7-9-16(10-8-15)19-14-31-23(25-19)26-22(29)18(12-24)11-17-5-3-4-6-20(17)30-13-21(27)28/h3-11,14H,2,13H2,1H3,(H,27,28)(H,25,26,29)/b18-11+. The van der Waals surface area contributed by atoms with Crippen molar-refractivity contribution in [2.45, 2.75) is 13.3 Å². The molecule has 3 rings (SSSR count). The van der Waals surface area contributed by atoms with E-state index in [0.29, 0.717) is 10.7 Å². The Morgan fingerprint density at radius 2 is 1.97 bits per heavy atom. The van der Waals surface area contributed by atoms with Crippen LogP contribution in [0, 0.1) is 11.3 Å². The minimum atomic E-state index is -1.12. The van der Waals surface area contributed by atoms with E-state index in [1.54, 1.807) is 24.3 Å². The number of amides is 1. The molecule has 0 spiro atoms. The molecule has 1 amide bonds. The fraction of sp³-hybridized carbons (Fsp3) is 0.130. The maximum atomic E-state index is 12.6. The van der Waals surface area contributed by atoms with Crippen LogP contribution in [0.15, 0.2) is 59.5 Å². The van der Waals surface area contributed by atoms with Gasteiger partial charge in [-0.15, -0.1) is 11.3 Å². The Labute approximate surface area is 183 Å². The summed E-state index contributed by atoms with van der Waals surface area (Å²) in [5.74, 6) is -1.48. The van der Waals surface area contributed by atoms with Crippen molar-refractivity contribution in [1.82, 2.24) is 4.98 Å². The Bertz CT molecular complexity index is 1160. The van der Waals surface area contributed by atoms with Crippen molar-refractivity contribution in [2.75, 3.05) is 11.9 Å². The molecule has 2 N–H and O–H groups in total. The number of para-hydroxylation sites is 1. The number of nitrogens with one attached hydrogen (secondary N) is 1. The van der Waals surface area contributed by atoms with Crippen molar-refractivity contribution < 1.29 is 19.4 Å². The molecule has 8 heteroatoms. The van der Waals surface area contributed by atoms with Gasteiger partial charge in [0.1, 0.15) is 17.4 Å². The average molecular weight is 433 g/mol. The second-order valence-electron chi connectivity index (χ2n) is 6.43. The number of nitrogens with zero attached hydrogens (tertiary/aromatic N) is 2. The molecule has 0 aliphatic carbocycles. The van der Waals surface area contributed by atoms with Crippen LogP contribution in [0.1, 0.15) is 18.1 Å². The highest BCUT2D eigenvalue weighted by Gasteiger charge is 2.14. The number of carboxylic acids is 1. The zero-order chi connectivity index (χ0) is 22.2. The number of aliphatic carboxylic acids is 1. The molecule has 1 aromatic heterocycles. The van der Waals surface area contributed by atoms with Crippen LogP contribution in [0.4, 0.5) is 5.13 Å². The molecule has 0 aliphatic rings. The molecule has 2 aromatic carbocycles. The highest BCUT2D eigenvalue weighted by atomic mass is 32.1. The molecule has 3 aromatic rings. The van der Waals surface area contributed by atoms with Crippen molar-refractivity contribution >= 4 is 34.4 Å². The molecule has 0 aliphatic heterocycles. The molecule has 156 valence electrons. The summed E-state index contributed by atoms with van der Waals surface area (Å²) in [6.07, 6.45) is 2.30. The molecular formula is C23H19N3O4S. The van der Waals surface area contributed by atoms with Gasteiger partial charge >= 0.3 is 5.97 Å². The zero-order valence-electron chi connectivity index (χ0n) is 16.7. The Morgan fingerprint density at radius 1 is 1.23 bits per heavy atom. The van der Waals surface area contributed by atoms with Gasteiger partial charge < -0.3 is 9.84 Å². The van der Waals surface area contributed by atoms with Gasteiger partial charge in [0.15, 0.2) is 11.7 Å². The van der Waals surface area contributed by atoms with Crippen molar-refractivity contribution in [3.8, 4) is 23.1 Å². The lowest BCUT2D eigenvalue weighted by Crippen LogP contribution is -2.13. The Kier molecular flexibility index (Phi) is 7.14. The quantitative estimate of drug-likeness (QED) is 0.403. The highest BCUT2D eigenvalue weighted by Crippen LogP contribution is 2.26. The zero-order valence-corrected chi connectivity index (χ0v) is 17.5. The third-order valence-corrected chi connectivity index (χ3v) is 5.08. The first-order valence-corrected chi connectivity index (χ1v) is 10.3. The van der Waals surface area contributed by atoms with Crippen LogP contribution in [0.25, 0.3) is 17.3 Å². The number of thiazole rings is 1. The number of carboxylic acid groups (broad SMARTS) is 1. The fourth-order valence-electron chi connectivity index (χ4n) is 2.71. The van der Waals surface area contributed by atoms with Gasteiger partial charge in [-0.1, -0.05) is 49.4 Å². The number of rotatable bonds is 8. The lowest BCUT2D eigenvalue weighted by molar-refractivity contribution is -0.139. The summed E-state index contributed by atoms with van der Waals surface area (Å²) < 4.78 is 5.22. The first-order chi connectivity index (χ1) is 15.0. The van der Waals surface area contributed by atoms with E-state index in [2.05, 4.69) is 17.2 Å². The van der Waals surface area contributed by atoms with Gasteiger partial charge in [0.2, 0.25) is 0 Å². The van der Waals surface area contributed by atoms with E-state index in [4.69, 9.17) is 9.84 Å². The lowest BCUT2D eigenvalue weighted by atomic mass is 10.1. The molecular weight excluding hydrogens is 414 g/mol. The largest absolute Gasteiger partial charge is 0.481 e. The van der Waals surface area contributed by atoms with Gasteiger partial charge in [-0.05, 0) is 24.1 Å². The summed E-state index contributed by atoms with van der Waals surface area (Å²) in [7, 11) is 0.